The molecular formula is C25H30N2O2. The molecule has 0 spiro atoms. The maximum absolute atomic E-state index is 13.0. The number of likely N-dealkylation sites (tertiary alicyclic amines) is 1. The molecule has 2 fully saturated rings. The molecule has 1 aliphatic carbocycles. The van der Waals surface area contributed by atoms with Crippen molar-refractivity contribution in [2.75, 3.05) is 20.1 Å². The Balaban J connectivity index is 1.63. The zero-order valence-corrected chi connectivity index (χ0v) is 17.4. The zero-order chi connectivity index (χ0) is 20.4. The van der Waals surface area contributed by atoms with Crippen molar-refractivity contribution in [3.63, 3.8) is 0 Å². The van der Waals surface area contributed by atoms with E-state index >= 15 is 0 Å². The van der Waals surface area contributed by atoms with Crippen LogP contribution in [0.3, 0.4) is 0 Å². The van der Waals surface area contributed by atoms with Crippen LogP contribution in [-0.4, -0.2) is 36.9 Å². The van der Waals surface area contributed by atoms with Gasteiger partial charge < -0.3 is 10.2 Å². The number of aryl methyl sites for hydroxylation is 1. The average Bonchev–Trinajstić information content (AvgIpc) is 3.12. The third-order valence-electron chi connectivity index (χ3n) is 6.70. The fourth-order valence-corrected chi connectivity index (χ4v) is 4.78. The molecule has 2 aromatic rings. The second-order valence-corrected chi connectivity index (χ2v) is 8.70. The Morgan fingerprint density at radius 3 is 2.62 bits per heavy atom. The van der Waals surface area contributed by atoms with Crippen LogP contribution in [0, 0.1) is 18.3 Å². The lowest BCUT2D eigenvalue weighted by molar-refractivity contribution is -0.138. The van der Waals surface area contributed by atoms with Gasteiger partial charge in [-0.15, -0.1) is 0 Å². The molecular weight excluding hydrogens is 360 g/mol. The summed E-state index contributed by atoms with van der Waals surface area (Å²) in [6.45, 7) is 3.29. The number of hydrogen-bond donors (Lipinski definition) is 1. The number of nitrogens with zero attached hydrogens (tertiary/aromatic N) is 1. The molecule has 4 heteroatoms. The lowest BCUT2D eigenvalue weighted by Crippen LogP contribution is -2.45. The summed E-state index contributed by atoms with van der Waals surface area (Å²) in [5, 5.41) is 2.88. The summed E-state index contributed by atoms with van der Waals surface area (Å²) in [6, 6.07) is 16.8. The van der Waals surface area contributed by atoms with E-state index in [1.54, 1.807) is 7.05 Å². The maximum atomic E-state index is 13.0. The van der Waals surface area contributed by atoms with E-state index in [2.05, 4.69) is 54.7 Å². The molecule has 1 aliphatic heterocycles. The van der Waals surface area contributed by atoms with Crippen molar-refractivity contribution in [1.82, 2.24) is 10.2 Å². The lowest BCUT2D eigenvalue weighted by Gasteiger charge is -2.32. The molecule has 4 nitrogen and oxygen atoms in total. The van der Waals surface area contributed by atoms with Crippen molar-refractivity contribution in [3.05, 3.63) is 59.7 Å². The van der Waals surface area contributed by atoms with E-state index in [-0.39, 0.29) is 17.7 Å². The Labute approximate surface area is 173 Å². The molecule has 2 aromatic carbocycles. The first-order valence-electron chi connectivity index (χ1n) is 10.7. The van der Waals surface area contributed by atoms with Crippen LogP contribution in [0.25, 0.3) is 11.1 Å². The Bertz CT molecular complexity index is 919. The second-order valence-electron chi connectivity index (χ2n) is 8.70. The molecule has 4 rings (SSSR count). The first-order valence-corrected chi connectivity index (χ1v) is 10.7. The highest BCUT2D eigenvalue weighted by atomic mass is 16.2. The van der Waals surface area contributed by atoms with Gasteiger partial charge >= 0.3 is 0 Å². The Morgan fingerprint density at radius 2 is 1.93 bits per heavy atom. The maximum Gasteiger partial charge on any atom is 0.228 e. The second kappa shape index (κ2) is 8.02. The van der Waals surface area contributed by atoms with Gasteiger partial charge in [-0.05, 0) is 49.3 Å². The van der Waals surface area contributed by atoms with Crippen LogP contribution in [0.5, 0.6) is 0 Å². The van der Waals surface area contributed by atoms with E-state index in [1.165, 1.54) is 22.3 Å². The highest BCUT2D eigenvalue weighted by Crippen LogP contribution is 2.39. The number of benzene rings is 2. The van der Waals surface area contributed by atoms with Crippen LogP contribution in [0.1, 0.15) is 36.8 Å². The van der Waals surface area contributed by atoms with Crippen LogP contribution in [0.4, 0.5) is 0 Å². The van der Waals surface area contributed by atoms with Crippen molar-refractivity contribution >= 4 is 11.8 Å². The molecule has 1 N–H and O–H groups in total. The first kappa shape index (κ1) is 19.7. The van der Waals surface area contributed by atoms with Crippen LogP contribution in [0.2, 0.25) is 0 Å². The Morgan fingerprint density at radius 1 is 1.14 bits per heavy atom. The number of hydrogen-bond acceptors (Lipinski definition) is 2. The molecule has 1 atom stereocenters. The largest absolute Gasteiger partial charge is 0.359 e. The van der Waals surface area contributed by atoms with Gasteiger partial charge in [-0.3, -0.25) is 9.59 Å². The number of rotatable bonds is 5. The minimum atomic E-state index is -0.561. The molecule has 1 heterocycles. The minimum absolute atomic E-state index is 0.0421. The fraction of sp³-hybridized carbons (Fsp3) is 0.440. The monoisotopic (exact) mass is 390 g/mol. The van der Waals surface area contributed by atoms with Crippen molar-refractivity contribution in [2.24, 2.45) is 11.3 Å². The number of nitrogens with one attached hydrogen (secondary N) is 1. The highest BCUT2D eigenvalue weighted by Gasteiger charge is 2.47. The number of amides is 2. The molecule has 29 heavy (non-hydrogen) atoms. The van der Waals surface area contributed by atoms with Crippen molar-refractivity contribution < 1.29 is 9.59 Å². The standard InChI is InChI=1S/C25H30N2O2/c1-18-7-5-11-20(15-18)22-12-4-3-8-21(22)16-25(24(29)26-2)13-14-27(17-25)23(28)19-9-6-10-19/h3-5,7-8,11-12,15,19H,6,9-10,13-14,16-17H2,1-2H3,(H,26,29). The predicted octanol–water partition coefficient (Wildman–Crippen LogP) is 3.97. The number of carbonyl (C=O) groups excluding carboxylic acids is 2. The molecule has 1 saturated carbocycles. The van der Waals surface area contributed by atoms with Gasteiger partial charge in [0.2, 0.25) is 11.8 Å². The van der Waals surface area contributed by atoms with Crippen LogP contribution < -0.4 is 5.32 Å². The molecule has 1 unspecified atom stereocenters. The van der Waals surface area contributed by atoms with E-state index in [0.717, 1.165) is 19.3 Å². The van der Waals surface area contributed by atoms with Gasteiger partial charge in [0.15, 0.2) is 0 Å². The summed E-state index contributed by atoms with van der Waals surface area (Å²) < 4.78 is 0. The molecule has 0 bridgehead atoms. The molecule has 0 radical (unpaired) electrons. The predicted molar refractivity (Wildman–Crippen MR) is 115 cm³/mol. The van der Waals surface area contributed by atoms with Crippen LogP contribution in [0.15, 0.2) is 48.5 Å². The van der Waals surface area contributed by atoms with Gasteiger partial charge in [0, 0.05) is 26.1 Å². The molecule has 152 valence electrons. The summed E-state index contributed by atoms with van der Waals surface area (Å²) in [4.78, 5) is 27.8. The Hall–Kier alpha value is -2.62. The van der Waals surface area contributed by atoms with Crippen LogP contribution in [-0.2, 0) is 16.0 Å². The number of carbonyl (C=O) groups is 2. The van der Waals surface area contributed by atoms with Gasteiger partial charge in [-0.1, -0.05) is 60.5 Å². The quantitative estimate of drug-likeness (QED) is 0.840. The summed E-state index contributed by atoms with van der Waals surface area (Å²) in [7, 11) is 1.70. The van der Waals surface area contributed by atoms with Crippen molar-refractivity contribution in [1.29, 1.82) is 0 Å². The van der Waals surface area contributed by atoms with E-state index < -0.39 is 5.41 Å². The molecule has 2 aliphatic rings. The summed E-state index contributed by atoms with van der Waals surface area (Å²) >= 11 is 0. The van der Waals surface area contributed by atoms with E-state index in [4.69, 9.17) is 0 Å². The minimum Gasteiger partial charge on any atom is -0.359 e. The third kappa shape index (κ3) is 3.81. The normalized spacial score (nSPS) is 21.7. The topological polar surface area (TPSA) is 49.4 Å². The van der Waals surface area contributed by atoms with E-state index in [9.17, 15) is 9.59 Å². The van der Waals surface area contributed by atoms with E-state index in [0.29, 0.717) is 25.9 Å². The highest BCUT2D eigenvalue weighted by molar-refractivity contribution is 5.86. The zero-order valence-electron chi connectivity index (χ0n) is 17.4. The van der Waals surface area contributed by atoms with E-state index in [1.807, 2.05) is 11.0 Å². The van der Waals surface area contributed by atoms with Crippen LogP contribution >= 0.6 is 0 Å². The summed E-state index contributed by atoms with van der Waals surface area (Å²) in [6.07, 6.45) is 4.50. The summed E-state index contributed by atoms with van der Waals surface area (Å²) in [5.41, 5.74) is 4.17. The fourth-order valence-electron chi connectivity index (χ4n) is 4.78. The molecule has 2 amide bonds. The van der Waals surface area contributed by atoms with Crippen molar-refractivity contribution in [3.8, 4) is 11.1 Å². The molecule has 0 aromatic heterocycles. The van der Waals surface area contributed by atoms with Gasteiger partial charge in [0.25, 0.3) is 0 Å². The first-order chi connectivity index (χ1) is 14.0. The SMILES string of the molecule is CNC(=O)C1(Cc2ccccc2-c2cccc(C)c2)CCN(C(=O)C2CCC2)C1. The lowest BCUT2D eigenvalue weighted by atomic mass is 9.78. The van der Waals surface area contributed by atoms with Gasteiger partial charge in [-0.2, -0.15) is 0 Å². The van der Waals surface area contributed by atoms with Crippen molar-refractivity contribution in [2.45, 2.75) is 39.0 Å². The van der Waals surface area contributed by atoms with Gasteiger partial charge in [-0.25, -0.2) is 0 Å². The average molecular weight is 391 g/mol. The third-order valence-corrected chi connectivity index (χ3v) is 6.70. The Kier molecular flexibility index (Phi) is 5.44. The van der Waals surface area contributed by atoms with Gasteiger partial charge in [0.05, 0.1) is 5.41 Å². The smallest absolute Gasteiger partial charge is 0.228 e. The van der Waals surface area contributed by atoms with Gasteiger partial charge in [0.1, 0.15) is 0 Å². The molecule has 1 saturated heterocycles. The summed E-state index contributed by atoms with van der Waals surface area (Å²) in [5.74, 6) is 0.463.